The summed E-state index contributed by atoms with van der Waals surface area (Å²) >= 11 is 0. The lowest BCUT2D eigenvalue weighted by Crippen LogP contribution is -2.31. The predicted octanol–water partition coefficient (Wildman–Crippen LogP) is 3.33. The maximum absolute atomic E-state index is 4.78. The number of hydrogen-bond acceptors (Lipinski definition) is 1. The van der Waals surface area contributed by atoms with Gasteiger partial charge in [0.25, 0.3) is 0 Å². The van der Waals surface area contributed by atoms with Crippen LogP contribution in [0.3, 0.4) is 0 Å². The maximum Gasteiger partial charge on any atom is 0.101 e. The minimum atomic E-state index is 0.741. The SMILES string of the molecule is CCCCN=C(C1CCCCC1)N(C)C. The van der Waals surface area contributed by atoms with E-state index in [1.165, 1.54) is 50.8 Å². The second-order valence-electron chi connectivity index (χ2n) is 4.82. The van der Waals surface area contributed by atoms with E-state index in [1.807, 2.05) is 0 Å². The van der Waals surface area contributed by atoms with E-state index in [9.17, 15) is 0 Å². The molecule has 0 saturated heterocycles. The van der Waals surface area contributed by atoms with Gasteiger partial charge >= 0.3 is 0 Å². The number of amidine groups is 1. The zero-order chi connectivity index (χ0) is 11.1. The Bertz CT molecular complexity index is 191. The van der Waals surface area contributed by atoms with Crippen molar-refractivity contribution in [2.75, 3.05) is 20.6 Å². The van der Waals surface area contributed by atoms with E-state index in [2.05, 4.69) is 25.9 Å². The molecule has 15 heavy (non-hydrogen) atoms. The van der Waals surface area contributed by atoms with Gasteiger partial charge in [-0.05, 0) is 19.3 Å². The van der Waals surface area contributed by atoms with Gasteiger partial charge in [0.2, 0.25) is 0 Å². The first-order chi connectivity index (χ1) is 7.25. The van der Waals surface area contributed by atoms with Crippen LogP contribution in [0.5, 0.6) is 0 Å². The quantitative estimate of drug-likeness (QED) is 0.395. The number of nitrogens with zero attached hydrogens (tertiary/aromatic N) is 2. The molecule has 0 heterocycles. The van der Waals surface area contributed by atoms with Gasteiger partial charge in [0, 0.05) is 26.6 Å². The van der Waals surface area contributed by atoms with Gasteiger partial charge in [-0.1, -0.05) is 32.6 Å². The van der Waals surface area contributed by atoms with E-state index >= 15 is 0 Å². The molecule has 1 aliphatic carbocycles. The average Bonchev–Trinajstić information content (AvgIpc) is 2.25. The molecule has 88 valence electrons. The number of unbranched alkanes of at least 4 members (excludes halogenated alkanes) is 1. The van der Waals surface area contributed by atoms with Crippen molar-refractivity contribution in [3.63, 3.8) is 0 Å². The van der Waals surface area contributed by atoms with Crippen LogP contribution >= 0.6 is 0 Å². The van der Waals surface area contributed by atoms with Gasteiger partial charge in [-0.3, -0.25) is 4.99 Å². The number of aliphatic imine (C=N–C) groups is 1. The molecule has 0 spiro atoms. The standard InChI is InChI=1S/C13H26N2/c1-4-5-11-14-13(15(2)3)12-9-7-6-8-10-12/h12H,4-11H2,1-3H3. The maximum atomic E-state index is 4.78. The predicted molar refractivity (Wildman–Crippen MR) is 67.5 cm³/mol. The summed E-state index contributed by atoms with van der Waals surface area (Å²) in [4.78, 5) is 7.01. The topological polar surface area (TPSA) is 15.6 Å². The molecular formula is C13H26N2. The van der Waals surface area contributed by atoms with Crippen LogP contribution in [-0.2, 0) is 0 Å². The van der Waals surface area contributed by atoms with Crippen LogP contribution in [0.25, 0.3) is 0 Å². The Morgan fingerprint density at radius 3 is 2.40 bits per heavy atom. The number of hydrogen-bond donors (Lipinski definition) is 0. The first kappa shape index (κ1) is 12.5. The lowest BCUT2D eigenvalue weighted by atomic mass is 9.88. The molecule has 0 bridgehead atoms. The molecule has 0 aliphatic heterocycles. The molecule has 0 radical (unpaired) electrons. The molecule has 0 atom stereocenters. The summed E-state index contributed by atoms with van der Waals surface area (Å²) in [5.74, 6) is 2.09. The zero-order valence-corrected chi connectivity index (χ0v) is 10.6. The molecule has 0 aromatic heterocycles. The van der Waals surface area contributed by atoms with Gasteiger partial charge in [0.15, 0.2) is 0 Å². The fourth-order valence-electron chi connectivity index (χ4n) is 2.35. The molecule has 0 aromatic carbocycles. The third kappa shape index (κ3) is 4.23. The van der Waals surface area contributed by atoms with Gasteiger partial charge in [0.05, 0.1) is 0 Å². The Kier molecular flexibility index (Phi) is 5.74. The van der Waals surface area contributed by atoms with Crippen molar-refractivity contribution in [3.05, 3.63) is 0 Å². The summed E-state index contributed by atoms with van der Waals surface area (Å²) < 4.78 is 0. The highest BCUT2D eigenvalue weighted by Crippen LogP contribution is 2.25. The van der Waals surface area contributed by atoms with Gasteiger partial charge in [-0.25, -0.2) is 0 Å². The minimum absolute atomic E-state index is 0.741. The largest absolute Gasteiger partial charge is 0.366 e. The number of rotatable bonds is 4. The van der Waals surface area contributed by atoms with Crippen molar-refractivity contribution >= 4 is 5.84 Å². The van der Waals surface area contributed by atoms with Crippen molar-refractivity contribution in [2.45, 2.75) is 51.9 Å². The van der Waals surface area contributed by atoms with E-state index in [0.717, 1.165) is 12.5 Å². The van der Waals surface area contributed by atoms with E-state index in [1.54, 1.807) is 0 Å². The molecule has 2 heteroatoms. The van der Waals surface area contributed by atoms with Crippen LogP contribution in [0.15, 0.2) is 4.99 Å². The molecule has 0 amide bonds. The third-order valence-corrected chi connectivity index (χ3v) is 3.21. The summed E-state index contributed by atoms with van der Waals surface area (Å²) in [6.07, 6.45) is 9.38. The van der Waals surface area contributed by atoms with Crippen LogP contribution in [-0.4, -0.2) is 31.4 Å². The summed E-state index contributed by atoms with van der Waals surface area (Å²) in [5, 5.41) is 0. The fourth-order valence-corrected chi connectivity index (χ4v) is 2.35. The first-order valence-corrected chi connectivity index (χ1v) is 6.47. The highest BCUT2D eigenvalue weighted by atomic mass is 15.1. The Balaban J connectivity index is 2.51. The lowest BCUT2D eigenvalue weighted by Gasteiger charge is -2.28. The molecule has 2 nitrogen and oxygen atoms in total. The molecule has 1 rings (SSSR count). The van der Waals surface area contributed by atoms with Crippen molar-refractivity contribution in [1.82, 2.24) is 4.90 Å². The average molecular weight is 210 g/mol. The fraction of sp³-hybridized carbons (Fsp3) is 0.923. The van der Waals surface area contributed by atoms with Crippen molar-refractivity contribution in [3.8, 4) is 0 Å². The molecule has 0 N–H and O–H groups in total. The smallest absolute Gasteiger partial charge is 0.101 e. The van der Waals surface area contributed by atoms with Gasteiger partial charge in [-0.2, -0.15) is 0 Å². The van der Waals surface area contributed by atoms with Crippen LogP contribution < -0.4 is 0 Å². The Morgan fingerprint density at radius 1 is 1.20 bits per heavy atom. The molecular weight excluding hydrogens is 184 g/mol. The molecule has 0 unspecified atom stereocenters. The Morgan fingerprint density at radius 2 is 1.87 bits per heavy atom. The molecule has 1 saturated carbocycles. The zero-order valence-electron chi connectivity index (χ0n) is 10.6. The van der Waals surface area contributed by atoms with Crippen LogP contribution in [0.4, 0.5) is 0 Å². The molecule has 1 aliphatic rings. The third-order valence-electron chi connectivity index (χ3n) is 3.21. The lowest BCUT2D eigenvalue weighted by molar-refractivity contribution is 0.406. The highest BCUT2D eigenvalue weighted by molar-refractivity contribution is 5.84. The second kappa shape index (κ2) is 6.86. The summed E-state index contributed by atoms with van der Waals surface area (Å²) in [7, 11) is 4.28. The summed E-state index contributed by atoms with van der Waals surface area (Å²) in [6, 6.07) is 0. The van der Waals surface area contributed by atoms with Gasteiger partial charge in [-0.15, -0.1) is 0 Å². The molecule has 1 fully saturated rings. The van der Waals surface area contributed by atoms with Crippen molar-refractivity contribution in [2.24, 2.45) is 10.9 Å². The first-order valence-electron chi connectivity index (χ1n) is 6.47. The Labute approximate surface area is 94.8 Å². The molecule has 0 aromatic rings. The van der Waals surface area contributed by atoms with Crippen LogP contribution in [0.1, 0.15) is 51.9 Å². The van der Waals surface area contributed by atoms with E-state index in [-0.39, 0.29) is 0 Å². The van der Waals surface area contributed by atoms with Gasteiger partial charge < -0.3 is 4.90 Å². The highest BCUT2D eigenvalue weighted by Gasteiger charge is 2.20. The van der Waals surface area contributed by atoms with E-state index in [0.29, 0.717) is 0 Å². The van der Waals surface area contributed by atoms with Gasteiger partial charge in [0.1, 0.15) is 5.84 Å². The normalized spacial score (nSPS) is 19.3. The minimum Gasteiger partial charge on any atom is -0.366 e. The second-order valence-corrected chi connectivity index (χ2v) is 4.82. The Hall–Kier alpha value is -0.530. The van der Waals surface area contributed by atoms with E-state index in [4.69, 9.17) is 4.99 Å². The van der Waals surface area contributed by atoms with Crippen molar-refractivity contribution in [1.29, 1.82) is 0 Å². The summed E-state index contributed by atoms with van der Waals surface area (Å²) in [6.45, 7) is 3.24. The van der Waals surface area contributed by atoms with E-state index < -0.39 is 0 Å². The van der Waals surface area contributed by atoms with Crippen molar-refractivity contribution < 1.29 is 0 Å². The van der Waals surface area contributed by atoms with Crippen LogP contribution in [0, 0.1) is 5.92 Å². The summed E-state index contributed by atoms with van der Waals surface area (Å²) in [5.41, 5.74) is 0. The van der Waals surface area contributed by atoms with Crippen LogP contribution in [0.2, 0.25) is 0 Å². The monoisotopic (exact) mass is 210 g/mol.